The van der Waals surface area contributed by atoms with Gasteiger partial charge in [-0.05, 0) is 23.3 Å². The third kappa shape index (κ3) is 3.80. The molecule has 2 rings (SSSR count). The predicted octanol–water partition coefficient (Wildman–Crippen LogP) is 1.58. The first-order valence-corrected chi connectivity index (χ1v) is 8.45. The molecule has 0 saturated heterocycles. The van der Waals surface area contributed by atoms with E-state index < -0.39 is 9.84 Å². The first-order chi connectivity index (χ1) is 9.91. The Morgan fingerprint density at radius 2 is 1.76 bits per heavy atom. The summed E-state index contributed by atoms with van der Waals surface area (Å²) in [6.07, 6.45) is 2.79. The molecule has 0 fully saturated rings. The topological polar surface area (TPSA) is 76.3 Å². The summed E-state index contributed by atoms with van der Waals surface area (Å²) >= 11 is 0. The number of hydrogen-bond acceptors (Lipinski definition) is 5. The Morgan fingerprint density at radius 3 is 2.33 bits per heavy atom. The van der Waals surface area contributed by atoms with Crippen molar-refractivity contribution in [2.45, 2.75) is 18.0 Å². The quantitative estimate of drug-likeness (QED) is 0.907. The van der Waals surface area contributed by atoms with Gasteiger partial charge in [0.25, 0.3) is 0 Å². The normalized spacial score (nSPS) is 11.4. The highest BCUT2D eigenvalue weighted by atomic mass is 32.2. The lowest BCUT2D eigenvalue weighted by Crippen LogP contribution is -2.20. The van der Waals surface area contributed by atoms with Crippen molar-refractivity contribution in [2.24, 2.45) is 5.73 Å². The monoisotopic (exact) mass is 305 g/mol. The Morgan fingerprint density at radius 1 is 1.14 bits per heavy atom. The van der Waals surface area contributed by atoms with Gasteiger partial charge in [-0.15, -0.1) is 0 Å². The van der Waals surface area contributed by atoms with Crippen molar-refractivity contribution in [3.05, 3.63) is 53.7 Å². The molecule has 1 heterocycles. The van der Waals surface area contributed by atoms with Crippen LogP contribution in [0.4, 0.5) is 5.82 Å². The van der Waals surface area contributed by atoms with Crippen molar-refractivity contribution in [1.29, 1.82) is 0 Å². The molecule has 0 aliphatic carbocycles. The van der Waals surface area contributed by atoms with Crippen molar-refractivity contribution in [3.63, 3.8) is 0 Å². The highest BCUT2D eigenvalue weighted by molar-refractivity contribution is 7.90. The molecule has 1 aromatic heterocycles. The lowest BCUT2D eigenvalue weighted by atomic mass is 10.1. The third-order valence-corrected chi connectivity index (χ3v) is 4.31. The van der Waals surface area contributed by atoms with Gasteiger partial charge in [-0.2, -0.15) is 0 Å². The fourth-order valence-corrected chi connectivity index (χ4v) is 2.95. The number of nitrogens with zero attached hydrogens (tertiary/aromatic N) is 2. The largest absolute Gasteiger partial charge is 0.354 e. The van der Waals surface area contributed by atoms with Gasteiger partial charge in [0.2, 0.25) is 0 Å². The van der Waals surface area contributed by atoms with Crippen LogP contribution in [0.25, 0.3) is 0 Å². The van der Waals surface area contributed by atoms with Crippen LogP contribution in [0.3, 0.4) is 0 Å². The minimum atomic E-state index is -3.30. The van der Waals surface area contributed by atoms with E-state index >= 15 is 0 Å². The van der Waals surface area contributed by atoms with E-state index in [1.165, 1.54) is 6.26 Å². The van der Waals surface area contributed by atoms with Gasteiger partial charge >= 0.3 is 0 Å². The molecule has 21 heavy (non-hydrogen) atoms. The standard InChI is InChI=1S/C15H19N3O2S/c1-18(11-13-7-5-12(10-16)6-8-13)15-14(21(2,19)20)4-3-9-17-15/h3-9H,10-11,16H2,1-2H3. The van der Waals surface area contributed by atoms with Gasteiger partial charge in [-0.1, -0.05) is 24.3 Å². The van der Waals surface area contributed by atoms with Crippen molar-refractivity contribution < 1.29 is 8.42 Å². The zero-order chi connectivity index (χ0) is 15.5. The van der Waals surface area contributed by atoms with E-state index in [0.717, 1.165) is 11.1 Å². The molecule has 0 radical (unpaired) electrons. The minimum Gasteiger partial charge on any atom is -0.354 e. The summed E-state index contributed by atoms with van der Waals surface area (Å²) in [5, 5.41) is 0. The van der Waals surface area contributed by atoms with Gasteiger partial charge in [-0.3, -0.25) is 0 Å². The summed E-state index contributed by atoms with van der Waals surface area (Å²) in [7, 11) is -1.47. The highest BCUT2D eigenvalue weighted by Gasteiger charge is 2.17. The van der Waals surface area contributed by atoms with Crippen LogP contribution in [-0.4, -0.2) is 26.7 Å². The smallest absolute Gasteiger partial charge is 0.179 e. The van der Waals surface area contributed by atoms with Gasteiger partial charge < -0.3 is 10.6 Å². The van der Waals surface area contributed by atoms with E-state index in [0.29, 0.717) is 18.9 Å². The zero-order valence-electron chi connectivity index (χ0n) is 12.2. The van der Waals surface area contributed by atoms with Crippen LogP contribution in [0.1, 0.15) is 11.1 Å². The van der Waals surface area contributed by atoms with Crippen LogP contribution >= 0.6 is 0 Å². The SMILES string of the molecule is CN(Cc1ccc(CN)cc1)c1ncccc1S(C)(=O)=O. The Labute approximate surface area is 125 Å². The van der Waals surface area contributed by atoms with Gasteiger partial charge in [0.05, 0.1) is 0 Å². The molecule has 0 atom stereocenters. The summed E-state index contributed by atoms with van der Waals surface area (Å²) in [5.41, 5.74) is 7.71. The molecule has 0 spiro atoms. The number of rotatable bonds is 5. The van der Waals surface area contributed by atoms with Gasteiger partial charge in [0.1, 0.15) is 10.7 Å². The number of pyridine rings is 1. The molecule has 0 amide bonds. The summed E-state index contributed by atoms with van der Waals surface area (Å²) < 4.78 is 23.6. The number of anilines is 1. The minimum absolute atomic E-state index is 0.242. The number of sulfone groups is 1. The first kappa shape index (κ1) is 15.5. The lowest BCUT2D eigenvalue weighted by Gasteiger charge is -2.20. The third-order valence-electron chi connectivity index (χ3n) is 3.19. The average molecular weight is 305 g/mol. The molecule has 0 unspecified atom stereocenters. The second kappa shape index (κ2) is 6.24. The molecule has 0 bridgehead atoms. The fraction of sp³-hybridized carbons (Fsp3) is 0.267. The van der Waals surface area contributed by atoms with Crippen LogP contribution in [0.15, 0.2) is 47.5 Å². The zero-order valence-corrected chi connectivity index (χ0v) is 13.0. The molecule has 0 aliphatic rings. The Bertz CT molecular complexity index is 712. The number of hydrogen-bond donors (Lipinski definition) is 1. The van der Waals surface area contributed by atoms with E-state index in [-0.39, 0.29) is 4.90 Å². The summed E-state index contributed by atoms with van der Waals surface area (Å²) in [6, 6.07) is 11.1. The Balaban J connectivity index is 2.26. The maximum Gasteiger partial charge on any atom is 0.179 e. The van der Waals surface area contributed by atoms with Crippen molar-refractivity contribution >= 4 is 15.7 Å². The van der Waals surface area contributed by atoms with Crippen molar-refractivity contribution in [2.75, 3.05) is 18.2 Å². The Hall–Kier alpha value is -1.92. The van der Waals surface area contributed by atoms with Crippen LogP contribution in [0.5, 0.6) is 0 Å². The number of benzene rings is 1. The predicted molar refractivity (Wildman–Crippen MR) is 83.8 cm³/mol. The highest BCUT2D eigenvalue weighted by Crippen LogP contribution is 2.22. The first-order valence-electron chi connectivity index (χ1n) is 6.56. The molecule has 0 aliphatic heterocycles. The number of aromatic nitrogens is 1. The Kier molecular flexibility index (Phi) is 4.59. The van der Waals surface area contributed by atoms with Gasteiger partial charge in [0.15, 0.2) is 9.84 Å². The molecule has 112 valence electrons. The molecule has 2 aromatic rings. The summed E-state index contributed by atoms with van der Waals surface area (Å²) in [6.45, 7) is 1.08. The van der Waals surface area contributed by atoms with Crippen molar-refractivity contribution in [1.82, 2.24) is 4.98 Å². The number of nitrogens with two attached hydrogens (primary N) is 1. The second-order valence-electron chi connectivity index (χ2n) is 4.97. The van der Waals surface area contributed by atoms with Gasteiger partial charge in [0, 0.05) is 32.6 Å². The van der Waals surface area contributed by atoms with E-state index in [1.807, 2.05) is 36.2 Å². The lowest BCUT2D eigenvalue weighted by molar-refractivity contribution is 0.601. The molecule has 0 saturated carbocycles. The fourth-order valence-electron chi connectivity index (χ4n) is 2.09. The van der Waals surface area contributed by atoms with Crippen LogP contribution < -0.4 is 10.6 Å². The van der Waals surface area contributed by atoms with Crippen molar-refractivity contribution in [3.8, 4) is 0 Å². The van der Waals surface area contributed by atoms with E-state index in [4.69, 9.17) is 5.73 Å². The molecular weight excluding hydrogens is 286 g/mol. The van der Waals surface area contributed by atoms with Gasteiger partial charge in [-0.25, -0.2) is 13.4 Å². The average Bonchev–Trinajstić information content (AvgIpc) is 2.47. The molecule has 2 N–H and O–H groups in total. The molecule has 6 heteroatoms. The van der Waals surface area contributed by atoms with Crippen LogP contribution in [-0.2, 0) is 22.9 Å². The summed E-state index contributed by atoms with van der Waals surface area (Å²) in [5.74, 6) is 0.461. The van der Waals surface area contributed by atoms with E-state index in [1.54, 1.807) is 18.3 Å². The molecular formula is C15H19N3O2S. The maximum absolute atomic E-state index is 11.8. The van der Waals surface area contributed by atoms with Crippen LogP contribution in [0.2, 0.25) is 0 Å². The maximum atomic E-state index is 11.8. The van der Waals surface area contributed by atoms with Crippen LogP contribution in [0, 0.1) is 0 Å². The van der Waals surface area contributed by atoms with E-state index in [9.17, 15) is 8.42 Å². The second-order valence-corrected chi connectivity index (χ2v) is 6.96. The molecule has 5 nitrogen and oxygen atoms in total. The molecule has 1 aromatic carbocycles. The summed E-state index contributed by atoms with van der Waals surface area (Å²) in [4.78, 5) is 6.27. The van der Waals surface area contributed by atoms with E-state index in [2.05, 4.69) is 4.98 Å².